The van der Waals surface area contributed by atoms with Crippen molar-refractivity contribution in [2.75, 3.05) is 0 Å². The number of hydrogen-bond donors (Lipinski definition) is 3. The van der Waals surface area contributed by atoms with Gasteiger partial charge >= 0.3 is 0 Å². The molecule has 0 aliphatic carbocycles. The van der Waals surface area contributed by atoms with Gasteiger partial charge < -0.3 is 5.73 Å². The van der Waals surface area contributed by atoms with E-state index in [-0.39, 0.29) is 6.04 Å². The highest BCUT2D eigenvalue weighted by atomic mass is 32.1. The maximum atomic E-state index is 5.65. The fourth-order valence-corrected chi connectivity index (χ4v) is 0.768. The standard InChI is InChI=1S/C6H13N3S/c1-3-5(7)6(4-10)9-8-2/h4-5,9-10H,2-3,7H2,1H3/b6-4-. The van der Waals surface area contributed by atoms with E-state index in [2.05, 4.69) is 29.9 Å². The molecule has 1 unspecified atom stereocenters. The largest absolute Gasteiger partial charge is 0.323 e. The summed E-state index contributed by atoms with van der Waals surface area (Å²) in [7, 11) is 0. The van der Waals surface area contributed by atoms with Gasteiger partial charge in [0, 0.05) is 12.8 Å². The molecular weight excluding hydrogens is 146 g/mol. The van der Waals surface area contributed by atoms with Crippen LogP contribution < -0.4 is 11.2 Å². The summed E-state index contributed by atoms with van der Waals surface area (Å²) in [4.78, 5) is 0. The van der Waals surface area contributed by atoms with Crippen molar-refractivity contribution in [3.63, 3.8) is 0 Å². The van der Waals surface area contributed by atoms with Gasteiger partial charge in [-0.1, -0.05) is 6.92 Å². The van der Waals surface area contributed by atoms with Crippen molar-refractivity contribution in [1.29, 1.82) is 0 Å². The van der Waals surface area contributed by atoms with Crippen LogP contribution in [0.5, 0.6) is 0 Å². The van der Waals surface area contributed by atoms with Gasteiger partial charge in [-0.2, -0.15) is 5.10 Å². The Morgan fingerprint density at radius 2 is 2.60 bits per heavy atom. The number of thiol groups is 1. The maximum absolute atomic E-state index is 5.65. The van der Waals surface area contributed by atoms with E-state index in [1.54, 1.807) is 5.41 Å². The molecular formula is C6H13N3S. The lowest BCUT2D eigenvalue weighted by Gasteiger charge is -2.11. The Bertz CT molecular complexity index is 133. The predicted molar refractivity (Wildman–Crippen MR) is 48.0 cm³/mol. The van der Waals surface area contributed by atoms with Crippen molar-refractivity contribution < 1.29 is 0 Å². The smallest absolute Gasteiger partial charge is 0.0563 e. The molecule has 0 aromatic rings. The van der Waals surface area contributed by atoms with E-state index in [0.717, 1.165) is 12.1 Å². The molecule has 0 saturated heterocycles. The van der Waals surface area contributed by atoms with Gasteiger partial charge in [-0.05, 0) is 11.8 Å². The average Bonchev–Trinajstić information content (AvgIpc) is 1.99. The van der Waals surface area contributed by atoms with E-state index in [4.69, 9.17) is 5.73 Å². The molecule has 0 heterocycles. The highest BCUT2D eigenvalue weighted by molar-refractivity contribution is 7.83. The van der Waals surface area contributed by atoms with Crippen LogP contribution in [0, 0.1) is 0 Å². The molecule has 0 fully saturated rings. The molecule has 0 aliphatic rings. The third-order valence-corrected chi connectivity index (χ3v) is 1.46. The number of rotatable bonds is 4. The summed E-state index contributed by atoms with van der Waals surface area (Å²) < 4.78 is 0. The third kappa shape index (κ3) is 2.89. The second-order valence-corrected chi connectivity index (χ2v) is 2.13. The van der Waals surface area contributed by atoms with Crippen LogP contribution in [0.15, 0.2) is 16.2 Å². The van der Waals surface area contributed by atoms with Gasteiger partial charge in [-0.25, -0.2) is 0 Å². The van der Waals surface area contributed by atoms with E-state index in [0.29, 0.717) is 0 Å². The van der Waals surface area contributed by atoms with Crippen LogP contribution in [-0.2, 0) is 0 Å². The zero-order valence-corrected chi connectivity index (χ0v) is 6.94. The number of nitrogens with one attached hydrogen (secondary N) is 1. The minimum atomic E-state index is -0.0250. The molecule has 0 bridgehead atoms. The summed E-state index contributed by atoms with van der Waals surface area (Å²) in [5, 5.41) is 5.08. The summed E-state index contributed by atoms with van der Waals surface area (Å²) in [6.45, 7) is 5.27. The van der Waals surface area contributed by atoms with Crippen molar-refractivity contribution in [1.82, 2.24) is 5.43 Å². The van der Waals surface area contributed by atoms with E-state index < -0.39 is 0 Å². The molecule has 0 saturated carbocycles. The molecule has 0 rings (SSSR count). The first-order chi connectivity index (χ1) is 4.76. The van der Waals surface area contributed by atoms with Gasteiger partial charge in [0.2, 0.25) is 0 Å². The molecule has 3 N–H and O–H groups in total. The predicted octanol–water partition coefficient (Wildman–Crippen LogP) is 0.700. The number of hydrogen-bond acceptors (Lipinski definition) is 4. The van der Waals surface area contributed by atoms with Gasteiger partial charge in [-0.15, -0.1) is 12.6 Å². The second kappa shape index (κ2) is 5.32. The van der Waals surface area contributed by atoms with E-state index >= 15 is 0 Å². The third-order valence-electron chi connectivity index (χ3n) is 1.19. The molecule has 4 heteroatoms. The van der Waals surface area contributed by atoms with E-state index in [1.807, 2.05) is 6.92 Å². The van der Waals surface area contributed by atoms with Crippen molar-refractivity contribution in [3.8, 4) is 0 Å². The topological polar surface area (TPSA) is 50.4 Å². The molecule has 58 valence electrons. The Morgan fingerprint density at radius 1 is 2.00 bits per heavy atom. The summed E-state index contributed by atoms with van der Waals surface area (Å²) in [6, 6.07) is -0.0250. The molecule has 10 heavy (non-hydrogen) atoms. The molecule has 0 aliphatic heterocycles. The summed E-state index contributed by atoms with van der Waals surface area (Å²) in [5.74, 6) is 0. The SMILES string of the molecule is C=NN/C(=C\S)C(N)CC. The fourth-order valence-electron chi connectivity index (χ4n) is 0.519. The Labute approximate surface area is 66.8 Å². The fraction of sp³-hybridized carbons (Fsp3) is 0.500. The van der Waals surface area contributed by atoms with Crippen molar-refractivity contribution in [2.45, 2.75) is 19.4 Å². The first-order valence-corrected chi connectivity index (χ1v) is 3.59. The zero-order valence-electron chi connectivity index (χ0n) is 6.04. The first-order valence-electron chi connectivity index (χ1n) is 3.07. The van der Waals surface area contributed by atoms with Crippen LogP contribution in [0.25, 0.3) is 0 Å². The van der Waals surface area contributed by atoms with Gasteiger partial charge in [0.05, 0.1) is 5.70 Å². The molecule has 0 amide bonds. The molecule has 3 nitrogen and oxygen atoms in total. The molecule has 0 spiro atoms. The van der Waals surface area contributed by atoms with Gasteiger partial charge in [0.25, 0.3) is 0 Å². The Morgan fingerprint density at radius 3 is 2.90 bits per heavy atom. The average molecular weight is 159 g/mol. The van der Waals surface area contributed by atoms with Crippen molar-refractivity contribution >= 4 is 19.3 Å². The second-order valence-electron chi connectivity index (χ2n) is 1.87. The number of hydrazone groups is 1. The Hall–Kier alpha value is -0.480. The van der Waals surface area contributed by atoms with Crippen molar-refractivity contribution in [2.24, 2.45) is 10.8 Å². The summed E-state index contributed by atoms with van der Waals surface area (Å²) in [6.07, 6.45) is 0.856. The first kappa shape index (κ1) is 9.52. The Balaban J connectivity index is 3.93. The van der Waals surface area contributed by atoms with Gasteiger partial charge in [0.15, 0.2) is 0 Å². The lowest BCUT2D eigenvalue weighted by molar-refractivity contribution is 0.673. The van der Waals surface area contributed by atoms with Crippen LogP contribution in [0.1, 0.15) is 13.3 Å². The van der Waals surface area contributed by atoms with Crippen molar-refractivity contribution in [3.05, 3.63) is 11.1 Å². The lowest BCUT2D eigenvalue weighted by atomic mass is 10.2. The highest BCUT2D eigenvalue weighted by Crippen LogP contribution is 2.00. The van der Waals surface area contributed by atoms with Crippen LogP contribution in [0.2, 0.25) is 0 Å². The quantitative estimate of drug-likeness (QED) is 0.321. The van der Waals surface area contributed by atoms with Crippen LogP contribution >= 0.6 is 12.6 Å². The van der Waals surface area contributed by atoms with Gasteiger partial charge in [0.1, 0.15) is 0 Å². The maximum Gasteiger partial charge on any atom is 0.0563 e. The number of nitrogens with two attached hydrogens (primary N) is 1. The lowest BCUT2D eigenvalue weighted by Crippen LogP contribution is -2.27. The Kier molecular flexibility index (Phi) is 5.06. The highest BCUT2D eigenvalue weighted by Gasteiger charge is 2.03. The molecule has 0 radical (unpaired) electrons. The minimum Gasteiger partial charge on any atom is -0.323 e. The van der Waals surface area contributed by atoms with E-state index in [9.17, 15) is 0 Å². The number of nitrogens with zero attached hydrogens (tertiary/aromatic N) is 1. The summed E-state index contributed by atoms with van der Waals surface area (Å²) in [5.41, 5.74) is 9.10. The normalized spacial score (nSPS) is 14.5. The van der Waals surface area contributed by atoms with Gasteiger partial charge in [-0.3, -0.25) is 5.43 Å². The molecule has 0 aromatic heterocycles. The monoisotopic (exact) mass is 159 g/mol. The van der Waals surface area contributed by atoms with Crippen LogP contribution in [0.4, 0.5) is 0 Å². The van der Waals surface area contributed by atoms with Crippen LogP contribution in [0.3, 0.4) is 0 Å². The van der Waals surface area contributed by atoms with E-state index in [1.165, 1.54) is 0 Å². The molecule has 1 atom stereocenters. The molecule has 0 aromatic carbocycles. The summed E-state index contributed by atoms with van der Waals surface area (Å²) >= 11 is 3.95. The minimum absolute atomic E-state index is 0.0250. The zero-order chi connectivity index (χ0) is 7.98. The van der Waals surface area contributed by atoms with Crippen LogP contribution in [-0.4, -0.2) is 12.8 Å².